The quantitative estimate of drug-likeness (QED) is 0.597. The van der Waals surface area contributed by atoms with Crippen LogP contribution in [0.15, 0.2) is 17.3 Å². The van der Waals surface area contributed by atoms with Gasteiger partial charge in [0, 0.05) is 38.3 Å². The van der Waals surface area contributed by atoms with Gasteiger partial charge in [-0.25, -0.2) is 4.99 Å². The van der Waals surface area contributed by atoms with Gasteiger partial charge in [-0.2, -0.15) is 0 Å². The minimum Gasteiger partial charge on any atom is -0.357 e. The Morgan fingerprint density at radius 1 is 1.46 bits per heavy atom. The van der Waals surface area contributed by atoms with E-state index in [2.05, 4.69) is 28.2 Å². The number of nitrogens with zero attached hydrogens (tertiary/aromatic N) is 2. The molecule has 0 saturated carbocycles. The first-order valence-electron chi connectivity index (χ1n) is 5.06. The molecular formula is C10H17N3. The van der Waals surface area contributed by atoms with Gasteiger partial charge in [-0.05, 0) is 6.42 Å². The number of allylic oxidation sites excluding steroid dienone is 1. The van der Waals surface area contributed by atoms with E-state index < -0.39 is 0 Å². The van der Waals surface area contributed by atoms with Crippen molar-refractivity contribution in [2.75, 3.05) is 26.2 Å². The van der Waals surface area contributed by atoms with Gasteiger partial charge < -0.3 is 10.2 Å². The monoisotopic (exact) mass is 179 g/mol. The van der Waals surface area contributed by atoms with Crippen molar-refractivity contribution in [3.63, 3.8) is 0 Å². The first-order valence-corrected chi connectivity index (χ1v) is 5.06. The van der Waals surface area contributed by atoms with Crippen LogP contribution in [0.4, 0.5) is 0 Å². The second-order valence-electron chi connectivity index (χ2n) is 3.75. The molecule has 0 radical (unpaired) electrons. The maximum Gasteiger partial charge on any atom is 0.107 e. The number of hydrogen-bond donors (Lipinski definition) is 1. The Morgan fingerprint density at radius 3 is 2.92 bits per heavy atom. The lowest BCUT2D eigenvalue weighted by Gasteiger charge is -2.33. The average Bonchev–Trinajstić information content (AvgIpc) is 2.20. The molecule has 72 valence electrons. The number of rotatable bonds is 0. The third-order valence-corrected chi connectivity index (χ3v) is 2.68. The van der Waals surface area contributed by atoms with Crippen LogP contribution in [0.1, 0.15) is 13.3 Å². The minimum absolute atomic E-state index is 0.600. The fraction of sp³-hybridized carbons (Fsp3) is 0.700. The van der Waals surface area contributed by atoms with Gasteiger partial charge >= 0.3 is 0 Å². The van der Waals surface area contributed by atoms with Crippen molar-refractivity contribution in [2.24, 2.45) is 10.9 Å². The average molecular weight is 179 g/mol. The summed E-state index contributed by atoms with van der Waals surface area (Å²) in [6.45, 7) is 6.66. The van der Waals surface area contributed by atoms with Crippen LogP contribution in [0.25, 0.3) is 0 Å². The maximum atomic E-state index is 4.47. The van der Waals surface area contributed by atoms with Crippen LogP contribution in [-0.2, 0) is 0 Å². The molecule has 1 N–H and O–H groups in total. The fourth-order valence-corrected chi connectivity index (χ4v) is 1.91. The third-order valence-electron chi connectivity index (χ3n) is 2.68. The molecule has 2 aliphatic heterocycles. The zero-order chi connectivity index (χ0) is 9.10. The molecule has 0 amide bonds. The van der Waals surface area contributed by atoms with E-state index in [0.717, 1.165) is 32.6 Å². The second kappa shape index (κ2) is 3.92. The smallest absolute Gasteiger partial charge is 0.107 e. The number of aliphatic imine (C=N–C) groups is 1. The molecule has 0 aliphatic carbocycles. The molecule has 3 heteroatoms. The summed E-state index contributed by atoms with van der Waals surface area (Å²) in [6, 6.07) is 0. The summed E-state index contributed by atoms with van der Waals surface area (Å²) in [5.41, 5.74) is 0. The molecule has 1 atom stereocenters. The standard InChI is InChI=1S/C10H17N3/c1-9-3-2-4-12-10(9)13-7-5-11-6-8-13/h2,4,9,11H,3,5-8H2,1H3. The predicted octanol–water partition coefficient (Wildman–Crippen LogP) is 0.844. The largest absolute Gasteiger partial charge is 0.357 e. The van der Waals surface area contributed by atoms with Crippen LogP contribution in [-0.4, -0.2) is 36.9 Å². The van der Waals surface area contributed by atoms with Gasteiger partial charge in [0.05, 0.1) is 0 Å². The molecule has 2 rings (SSSR count). The van der Waals surface area contributed by atoms with Crippen molar-refractivity contribution in [3.8, 4) is 0 Å². The highest BCUT2D eigenvalue weighted by atomic mass is 15.2. The van der Waals surface area contributed by atoms with Crippen LogP contribution in [0, 0.1) is 5.92 Å². The zero-order valence-electron chi connectivity index (χ0n) is 8.16. The second-order valence-corrected chi connectivity index (χ2v) is 3.75. The third kappa shape index (κ3) is 1.91. The lowest BCUT2D eigenvalue weighted by molar-refractivity contribution is 0.341. The summed E-state index contributed by atoms with van der Waals surface area (Å²) in [4.78, 5) is 6.88. The summed E-state index contributed by atoms with van der Waals surface area (Å²) in [5.74, 6) is 1.88. The van der Waals surface area contributed by atoms with Gasteiger partial charge in [0.2, 0.25) is 0 Å². The number of nitrogens with one attached hydrogen (secondary N) is 1. The summed E-state index contributed by atoms with van der Waals surface area (Å²) in [6.07, 6.45) is 5.23. The van der Waals surface area contributed by atoms with Crippen molar-refractivity contribution < 1.29 is 0 Å². The van der Waals surface area contributed by atoms with Crippen LogP contribution < -0.4 is 5.32 Å². The molecule has 1 fully saturated rings. The number of hydrogen-bond acceptors (Lipinski definition) is 3. The Hall–Kier alpha value is -0.830. The Bertz CT molecular complexity index is 226. The first-order chi connectivity index (χ1) is 6.38. The molecule has 0 aromatic carbocycles. The van der Waals surface area contributed by atoms with Crippen LogP contribution in [0.5, 0.6) is 0 Å². The zero-order valence-corrected chi connectivity index (χ0v) is 8.16. The first kappa shape index (κ1) is 8.75. The molecule has 2 aliphatic rings. The highest BCUT2D eigenvalue weighted by molar-refractivity contribution is 5.85. The molecule has 1 unspecified atom stereocenters. The number of amidine groups is 1. The van der Waals surface area contributed by atoms with E-state index >= 15 is 0 Å². The van der Waals surface area contributed by atoms with Gasteiger partial charge in [0.1, 0.15) is 5.84 Å². The fourth-order valence-electron chi connectivity index (χ4n) is 1.91. The van der Waals surface area contributed by atoms with E-state index in [1.807, 2.05) is 6.20 Å². The van der Waals surface area contributed by atoms with Gasteiger partial charge in [-0.15, -0.1) is 0 Å². The molecule has 0 aromatic heterocycles. The normalized spacial score (nSPS) is 28.8. The molecule has 13 heavy (non-hydrogen) atoms. The summed E-state index contributed by atoms with van der Waals surface area (Å²) >= 11 is 0. The molecule has 1 saturated heterocycles. The van der Waals surface area contributed by atoms with Crippen molar-refractivity contribution in [1.29, 1.82) is 0 Å². The molecule has 0 spiro atoms. The lowest BCUT2D eigenvalue weighted by Crippen LogP contribution is -2.48. The Kier molecular flexibility index (Phi) is 2.64. The number of piperazine rings is 1. The van der Waals surface area contributed by atoms with Gasteiger partial charge in [0.25, 0.3) is 0 Å². The molecule has 3 nitrogen and oxygen atoms in total. The Morgan fingerprint density at radius 2 is 2.23 bits per heavy atom. The van der Waals surface area contributed by atoms with Gasteiger partial charge in [-0.1, -0.05) is 13.0 Å². The van der Waals surface area contributed by atoms with Crippen molar-refractivity contribution in [3.05, 3.63) is 12.3 Å². The van der Waals surface area contributed by atoms with Crippen LogP contribution in [0.2, 0.25) is 0 Å². The minimum atomic E-state index is 0.600. The van der Waals surface area contributed by atoms with Gasteiger partial charge in [0.15, 0.2) is 0 Å². The Labute approximate surface area is 79.5 Å². The summed E-state index contributed by atoms with van der Waals surface area (Å²) < 4.78 is 0. The summed E-state index contributed by atoms with van der Waals surface area (Å²) in [5, 5.41) is 3.35. The van der Waals surface area contributed by atoms with Crippen LogP contribution >= 0.6 is 0 Å². The van der Waals surface area contributed by atoms with E-state index in [1.165, 1.54) is 5.84 Å². The van der Waals surface area contributed by atoms with Crippen molar-refractivity contribution in [1.82, 2.24) is 10.2 Å². The van der Waals surface area contributed by atoms with E-state index in [9.17, 15) is 0 Å². The van der Waals surface area contributed by atoms with Gasteiger partial charge in [-0.3, -0.25) is 0 Å². The topological polar surface area (TPSA) is 27.6 Å². The maximum absolute atomic E-state index is 4.47. The molecule has 2 heterocycles. The van der Waals surface area contributed by atoms with E-state index in [-0.39, 0.29) is 0 Å². The lowest BCUT2D eigenvalue weighted by atomic mass is 10.0. The van der Waals surface area contributed by atoms with E-state index in [4.69, 9.17) is 0 Å². The van der Waals surface area contributed by atoms with E-state index in [0.29, 0.717) is 5.92 Å². The predicted molar refractivity (Wildman–Crippen MR) is 54.8 cm³/mol. The highest BCUT2D eigenvalue weighted by Crippen LogP contribution is 2.14. The van der Waals surface area contributed by atoms with E-state index in [1.54, 1.807) is 0 Å². The highest BCUT2D eigenvalue weighted by Gasteiger charge is 2.20. The molecule has 0 bridgehead atoms. The molecular weight excluding hydrogens is 162 g/mol. The summed E-state index contributed by atoms with van der Waals surface area (Å²) in [7, 11) is 0. The van der Waals surface area contributed by atoms with Crippen molar-refractivity contribution >= 4 is 5.84 Å². The SMILES string of the molecule is CC1CC=CN=C1N1CCNCC1. The Balaban J connectivity index is 2.04. The van der Waals surface area contributed by atoms with Crippen LogP contribution in [0.3, 0.4) is 0 Å². The van der Waals surface area contributed by atoms with Crippen molar-refractivity contribution in [2.45, 2.75) is 13.3 Å². The molecule has 0 aromatic rings.